The van der Waals surface area contributed by atoms with E-state index in [1.54, 1.807) is 0 Å². The van der Waals surface area contributed by atoms with Gasteiger partial charge in [-0.25, -0.2) is 14.2 Å². The number of rotatable bonds is 2. The van der Waals surface area contributed by atoms with Gasteiger partial charge in [-0.15, -0.1) is 6.42 Å². The molecule has 0 aliphatic rings. The molecule has 3 N–H and O–H groups in total. The van der Waals surface area contributed by atoms with Gasteiger partial charge in [0.2, 0.25) is 0 Å². The quantitative estimate of drug-likeness (QED) is 0.408. The van der Waals surface area contributed by atoms with Gasteiger partial charge < -0.3 is 0 Å². The number of hydrogen-bond acceptors (Lipinski definition) is 2. The minimum atomic E-state index is -0.937. The van der Waals surface area contributed by atoms with E-state index in [1.807, 2.05) is 0 Å². The highest BCUT2D eigenvalue weighted by atomic mass is 19.2. The van der Waals surface area contributed by atoms with E-state index in [0.29, 0.717) is 5.56 Å². The Labute approximate surface area is 74.7 Å². The van der Waals surface area contributed by atoms with Crippen LogP contribution in [0.1, 0.15) is 11.6 Å². The Kier molecular flexibility index (Phi) is 2.96. The van der Waals surface area contributed by atoms with Crippen LogP contribution in [0.3, 0.4) is 0 Å². The third-order valence-electron chi connectivity index (χ3n) is 1.61. The standard InChI is InChI=1S/C9H8F2N2/c1-2-9(13-12)6-3-4-7(10)8(11)5-6/h1,3-5,9,13H,12H2. The predicted octanol–water partition coefficient (Wildman–Crippen LogP) is 1.10. The molecule has 0 amide bonds. The Hall–Kier alpha value is -1.44. The average Bonchev–Trinajstić information content (AvgIpc) is 2.13. The van der Waals surface area contributed by atoms with Crippen molar-refractivity contribution in [2.75, 3.05) is 0 Å². The van der Waals surface area contributed by atoms with Crippen LogP contribution in [0.5, 0.6) is 0 Å². The molecule has 0 heterocycles. The van der Waals surface area contributed by atoms with E-state index in [0.717, 1.165) is 12.1 Å². The molecule has 1 atom stereocenters. The second-order valence-electron chi connectivity index (χ2n) is 2.44. The third-order valence-corrected chi connectivity index (χ3v) is 1.61. The minimum Gasteiger partial charge on any atom is -0.270 e. The maximum atomic E-state index is 12.7. The van der Waals surface area contributed by atoms with Crippen molar-refractivity contribution in [3.05, 3.63) is 35.4 Å². The van der Waals surface area contributed by atoms with Crippen LogP contribution in [0.15, 0.2) is 18.2 Å². The first-order valence-corrected chi connectivity index (χ1v) is 3.56. The molecule has 1 rings (SSSR count). The molecule has 0 fully saturated rings. The molecule has 1 aromatic rings. The van der Waals surface area contributed by atoms with E-state index in [2.05, 4.69) is 11.3 Å². The number of nitrogens with two attached hydrogens (primary N) is 1. The van der Waals surface area contributed by atoms with Crippen molar-refractivity contribution in [1.29, 1.82) is 0 Å². The van der Waals surface area contributed by atoms with E-state index in [4.69, 9.17) is 12.3 Å². The number of benzene rings is 1. The van der Waals surface area contributed by atoms with Crippen LogP contribution < -0.4 is 11.3 Å². The fraction of sp³-hybridized carbons (Fsp3) is 0.111. The van der Waals surface area contributed by atoms with Gasteiger partial charge in [-0.05, 0) is 17.7 Å². The maximum absolute atomic E-state index is 12.7. The number of hydrogen-bond donors (Lipinski definition) is 2. The lowest BCUT2D eigenvalue weighted by atomic mass is 10.1. The van der Waals surface area contributed by atoms with Crippen molar-refractivity contribution in [2.24, 2.45) is 5.84 Å². The zero-order valence-electron chi connectivity index (χ0n) is 6.72. The molecule has 1 unspecified atom stereocenters. The average molecular weight is 182 g/mol. The first-order chi connectivity index (χ1) is 6.19. The highest BCUT2D eigenvalue weighted by molar-refractivity contribution is 5.26. The molecule has 2 nitrogen and oxygen atoms in total. The second kappa shape index (κ2) is 3.99. The van der Waals surface area contributed by atoms with Crippen molar-refractivity contribution < 1.29 is 8.78 Å². The van der Waals surface area contributed by atoms with E-state index < -0.39 is 17.7 Å². The van der Waals surface area contributed by atoms with Crippen LogP contribution in [0.25, 0.3) is 0 Å². The smallest absolute Gasteiger partial charge is 0.159 e. The number of terminal acetylenes is 1. The first-order valence-electron chi connectivity index (χ1n) is 3.56. The van der Waals surface area contributed by atoms with Crippen LogP contribution in [0.4, 0.5) is 8.78 Å². The molecule has 0 saturated carbocycles. The lowest BCUT2D eigenvalue weighted by molar-refractivity contribution is 0.505. The Balaban J connectivity index is 3.04. The Morgan fingerprint density at radius 2 is 2.08 bits per heavy atom. The van der Waals surface area contributed by atoms with Gasteiger partial charge in [0.15, 0.2) is 11.6 Å². The highest BCUT2D eigenvalue weighted by Crippen LogP contribution is 2.14. The maximum Gasteiger partial charge on any atom is 0.159 e. The van der Waals surface area contributed by atoms with E-state index >= 15 is 0 Å². The zero-order chi connectivity index (χ0) is 9.84. The summed E-state index contributed by atoms with van der Waals surface area (Å²) >= 11 is 0. The largest absolute Gasteiger partial charge is 0.270 e. The van der Waals surface area contributed by atoms with Gasteiger partial charge >= 0.3 is 0 Å². The molecule has 0 saturated heterocycles. The van der Waals surface area contributed by atoms with E-state index in [9.17, 15) is 8.78 Å². The number of nitrogens with one attached hydrogen (secondary N) is 1. The summed E-state index contributed by atoms with van der Waals surface area (Å²) < 4.78 is 25.2. The minimum absolute atomic E-state index is 0.420. The zero-order valence-corrected chi connectivity index (χ0v) is 6.72. The van der Waals surface area contributed by atoms with E-state index in [-0.39, 0.29) is 0 Å². The van der Waals surface area contributed by atoms with Gasteiger partial charge in [0.1, 0.15) is 6.04 Å². The van der Waals surface area contributed by atoms with Crippen LogP contribution in [0.2, 0.25) is 0 Å². The topological polar surface area (TPSA) is 38.0 Å². The monoisotopic (exact) mass is 182 g/mol. The van der Waals surface area contributed by atoms with E-state index in [1.165, 1.54) is 6.07 Å². The molecule has 0 bridgehead atoms. The van der Waals surface area contributed by atoms with Gasteiger partial charge in [0.05, 0.1) is 0 Å². The molecule has 1 aromatic carbocycles. The van der Waals surface area contributed by atoms with Gasteiger partial charge in [-0.2, -0.15) is 0 Å². The molecular formula is C9H8F2N2. The van der Waals surface area contributed by atoms with Crippen molar-refractivity contribution >= 4 is 0 Å². The van der Waals surface area contributed by atoms with Gasteiger partial charge in [0.25, 0.3) is 0 Å². The summed E-state index contributed by atoms with van der Waals surface area (Å²) in [4.78, 5) is 0. The molecule has 4 heteroatoms. The summed E-state index contributed by atoms with van der Waals surface area (Å²) in [5, 5.41) is 0. The third kappa shape index (κ3) is 2.02. The predicted molar refractivity (Wildman–Crippen MR) is 45.3 cm³/mol. The van der Waals surface area contributed by atoms with Gasteiger partial charge in [-0.1, -0.05) is 12.0 Å². The van der Waals surface area contributed by atoms with Crippen molar-refractivity contribution in [3.63, 3.8) is 0 Å². The lowest BCUT2D eigenvalue weighted by Crippen LogP contribution is -2.26. The Bertz CT molecular complexity index is 344. The van der Waals surface area contributed by atoms with Crippen LogP contribution >= 0.6 is 0 Å². The Morgan fingerprint density at radius 3 is 2.54 bits per heavy atom. The molecule has 0 spiro atoms. The molecule has 13 heavy (non-hydrogen) atoms. The molecule has 68 valence electrons. The van der Waals surface area contributed by atoms with Crippen molar-refractivity contribution in [3.8, 4) is 12.3 Å². The first kappa shape index (κ1) is 9.65. The van der Waals surface area contributed by atoms with Crippen LogP contribution in [0, 0.1) is 24.0 Å². The second-order valence-corrected chi connectivity index (χ2v) is 2.44. The number of hydrazine groups is 1. The van der Waals surface area contributed by atoms with Gasteiger partial charge in [0, 0.05) is 0 Å². The summed E-state index contributed by atoms with van der Waals surface area (Å²) in [6.45, 7) is 0. The fourth-order valence-corrected chi connectivity index (χ4v) is 0.933. The summed E-state index contributed by atoms with van der Waals surface area (Å²) in [6.07, 6.45) is 5.09. The lowest BCUT2D eigenvalue weighted by Gasteiger charge is -2.08. The van der Waals surface area contributed by atoms with Crippen molar-refractivity contribution in [2.45, 2.75) is 6.04 Å². The van der Waals surface area contributed by atoms with Crippen molar-refractivity contribution in [1.82, 2.24) is 5.43 Å². The highest BCUT2D eigenvalue weighted by Gasteiger charge is 2.08. The summed E-state index contributed by atoms with van der Waals surface area (Å²) in [5.41, 5.74) is 2.71. The van der Waals surface area contributed by atoms with Gasteiger partial charge in [-0.3, -0.25) is 5.84 Å². The SMILES string of the molecule is C#CC(NN)c1ccc(F)c(F)c1. The summed E-state index contributed by atoms with van der Waals surface area (Å²) in [7, 11) is 0. The normalized spacial score (nSPS) is 12.2. The molecule has 0 aliphatic heterocycles. The summed E-state index contributed by atoms with van der Waals surface area (Å²) in [5.74, 6) is 5.54. The molecular weight excluding hydrogens is 174 g/mol. The number of halogens is 2. The fourth-order valence-electron chi connectivity index (χ4n) is 0.933. The Morgan fingerprint density at radius 1 is 1.38 bits per heavy atom. The summed E-state index contributed by atoms with van der Waals surface area (Å²) in [6, 6.07) is 2.80. The molecule has 0 radical (unpaired) electrons. The van der Waals surface area contributed by atoms with Crippen LogP contribution in [-0.4, -0.2) is 0 Å². The van der Waals surface area contributed by atoms with Crippen LogP contribution in [-0.2, 0) is 0 Å². The molecule has 0 aliphatic carbocycles. The molecule has 0 aromatic heterocycles.